The molecular weight excluding hydrogens is 278 g/mol. The number of aryl methyl sites for hydroxylation is 2. The molecule has 1 rings (SSSR count). The van der Waals surface area contributed by atoms with Crippen LogP contribution in [0.25, 0.3) is 0 Å². The number of aromatic nitrogens is 2. The van der Waals surface area contributed by atoms with Crippen molar-refractivity contribution in [2.24, 2.45) is 0 Å². The normalized spacial score (nSPS) is 11.9. The Morgan fingerprint density at radius 3 is 2.70 bits per heavy atom. The van der Waals surface area contributed by atoms with Gasteiger partial charge in [-0.05, 0) is 37.8 Å². The maximum absolute atomic E-state index is 12.2. The minimum absolute atomic E-state index is 0.390. The van der Waals surface area contributed by atoms with Crippen molar-refractivity contribution in [3.63, 3.8) is 0 Å². The highest BCUT2D eigenvalue weighted by Crippen LogP contribution is 2.09. The third-order valence-corrected chi connectivity index (χ3v) is 3.43. The molecule has 0 aliphatic rings. The number of nitrogens with zero attached hydrogens (tertiary/aromatic N) is 2. The second-order valence-corrected chi connectivity index (χ2v) is 5.33. The molecule has 110 valence electrons. The molecule has 7 heteroatoms. The lowest BCUT2D eigenvalue weighted by molar-refractivity contribution is -0.139. The van der Waals surface area contributed by atoms with Gasteiger partial charge in [0.2, 0.25) is 0 Å². The number of carbonyl (C=O) groups excluding carboxylic acids is 1. The van der Waals surface area contributed by atoms with Gasteiger partial charge in [0.05, 0.1) is 17.0 Å². The Bertz CT molecular complexity index is 494. The molecule has 0 saturated heterocycles. The monoisotopic (exact) mass is 297 g/mol. The maximum atomic E-state index is 12.2. The van der Waals surface area contributed by atoms with E-state index in [0.717, 1.165) is 0 Å². The Morgan fingerprint density at radius 1 is 1.45 bits per heavy atom. The lowest BCUT2D eigenvalue weighted by atomic mass is 10.1. The minimum Gasteiger partial charge on any atom is -0.480 e. The van der Waals surface area contributed by atoms with Gasteiger partial charge in [0.1, 0.15) is 6.04 Å². The van der Waals surface area contributed by atoms with Crippen molar-refractivity contribution >= 4 is 23.6 Å². The lowest BCUT2D eigenvalue weighted by Gasteiger charge is -2.15. The predicted molar refractivity (Wildman–Crippen MR) is 78.0 cm³/mol. The van der Waals surface area contributed by atoms with Gasteiger partial charge in [0.25, 0.3) is 5.91 Å². The molecule has 1 atom stereocenters. The highest BCUT2D eigenvalue weighted by atomic mass is 32.2. The van der Waals surface area contributed by atoms with E-state index in [-0.39, 0.29) is 0 Å². The largest absolute Gasteiger partial charge is 0.480 e. The summed E-state index contributed by atoms with van der Waals surface area (Å²) in [6.45, 7) is 3.62. The number of nitrogens with one attached hydrogen (secondary N) is 1. The topological polar surface area (TPSA) is 92.2 Å². The van der Waals surface area contributed by atoms with Crippen molar-refractivity contribution in [1.82, 2.24) is 15.5 Å². The fraction of sp³-hybridized carbons (Fsp3) is 0.538. The average Bonchev–Trinajstić information content (AvgIpc) is 2.42. The van der Waals surface area contributed by atoms with Gasteiger partial charge in [-0.2, -0.15) is 22.0 Å². The summed E-state index contributed by atoms with van der Waals surface area (Å²) in [5.41, 5.74) is 1.60. The van der Waals surface area contributed by atoms with Gasteiger partial charge < -0.3 is 10.4 Å². The number of rotatable bonds is 7. The molecule has 6 nitrogen and oxygen atoms in total. The predicted octanol–water partition coefficient (Wildman–Crippen LogP) is 1.28. The Morgan fingerprint density at radius 2 is 2.15 bits per heavy atom. The van der Waals surface area contributed by atoms with Crippen molar-refractivity contribution in [3.05, 3.63) is 23.0 Å². The van der Waals surface area contributed by atoms with Crippen LogP contribution < -0.4 is 5.32 Å². The van der Waals surface area contributed by atoms with Gasteiger partial charge in [-0.25, -0.2) is 4.79 Å². The fourth-order valence-corrected chi connectivity index (χ4v) is 2.17. The Kier molecular flexibility index (Phi) is 6.44. The van der Waals surface area contributed by atoms with Crippen LogP contribution in [0.4, 0.5) is 0 Å². The van der Waals surface area contributed by atoms with Gasteiger partial charge in [0.15, 0.2) is 0 Å². The molecule has 0 fully saturated rings. The van der Waals surface area contributed by atoms with Crippen LogP contribution in [0.1, 0.15) is 35.1 Å². The van der Waals surface area contributed by atoms with Gasteiger partial charge >= 0.3 is 5.97 Å². The van der Waals surface area contributed by atoms with E-state index < -0.39 is 17.9 Å². The summed E-state index contributed by atoms with van der Waals surface area (Å²) >= 11 is 1.54. The molecular formula is C13H19N3O3S. The van der Waals surface area contributed by atoms with Crippen LogP contribution in [0, 0.1) is 6.92 Å². The third-order valence-electron chi connectivity index (χ3n) is 2.79. The number of carbonyl (C=O) groups is 2. The molecule has 0 saturated carbocycles. The first kappa shape index (κ1) is 16.4. The first-order chi connectivity index (χ1) is 9.49. The Balaban J connectivity index is 2.88. The van der Waals surface area contributed by atoms with E-state index in [0.29, 0.717) is 35.5 Å². The van der Waals surface area contributed by atoms with Crippen molar-refractivity contribution in [1.29, 1.82) is 0 Å². The number of thioether (sulfide) groups is 1. The number of carboxylic acid groups (broad SMARTS) is 1. The van der Waals surface area contributed by atoms with Crippen LogP contribution >= 0.6 is 11.8 Å². The van der Waals surface area contributed by atoms with E-state index in [9.17, 15) is 9.59 Å². The van der Waals surface area contributed by atoms with Crippen molar-refractivity contribution in [2.45, 2.75) is 32.7 Å². The molecule has 1 aromatic heterocycles. The van der Waals surface area contributed by atoms with Crippen LogP contribution in [0.15, 0.2) is 6.07 Å². The number of hydrogen-bond donors (Lipinski definition) is 2. The minimum atomic E-state index is -1.02. The molecule has 0 aromatic carbocycles. The van der Waals surface area contributed by atoms with Crippen LogP contribution in [-0.4, -0.2) is 45.2 Å². The van der Waals surface area contributed by atoms with E-state index >= 15 is 0 Å². The van der Waals surface area contributed by atoms with E-state index in [2.05, 4.69) is 15.5 Å². The number of hydrogen-bond acceptors (Lipinski definition) is 5. The zero-order valence-corrected chi connectivity index (χ0v) is 12.7. The third kappa shape index (κ3) is 4.48. The summed E-state index contributed by atoms with van der Waals surface area (Å²) < 4.78 is 0. The number of aliphatic carboxylic acids is 1. The van der Waals surface area contributed by atoms with Gasteiger partial charge in [-0.3, -0.25) is 4.79 Å². The summed E-state index contributed by atoms with van der Waals surface area (Å²) in [6, 6.07) is 0.752. The molecule has 20 heavy (non-hydrogen) atoms. The Hall–Kier alpha value is -1.63. The lowest BCUT2D eigenvalue weighted by Crippen LogP contribution is -2.41. The van der Waals surface area contributed by atoms with Gasteiger partial charge in [-0.15, -0.1) is 0 Å². The van der Waals surface area contributed by atoms with Crippen LogP contribution in [0.3, 0.4) is 0 Å². The van der Waals surface area contributed by atoms with Crippen LogP contribution in [0.5, 0.6) is 0 Å². The molecule has 0 aliphatic heterocycles. The van der Waals surface area contributed by atoms with Gasteiger partial charge in [0, 0.05) is 0 Å². The van der Waals surface area contributed by atoms with Crippen molar-refractivity contribution in [2.75, 3.05) is 12.0 Å². The maximum Gasteiger partial charge on any atom is 0.326 e. The molecule has 0 aliphatic carbocycles. The Labute approximate surface area is 122 Å². The average molecular weight is 297 g/mol. The molecule has 1 aromatic rings. The SMILES string of the molecule is CCc1nnc(C)cc1C(=O)NC(CCSC)C(=O)O. The van der Waals surface area contributed by atoms with E-state index in [1.165, 1.54) is 0 Å². The van der Waals surface area contributed by atoms with E-state index in [1.54, 1.807) is 24.8 Å². The summed E-state index contributed by atoms with van der Waals surface area (Å²) in [6.07, 6.45) is 2.85. The zero-order chi connectivity index (χ0) is 15.1. The molecule has 0 bridgehead atoms. The summed E-state index contributed by atoms with van der Waals surface area (Å²) in [7, 11) is 0. The van der Waals surface area contributed by atoms with Gasteiger partial charge in [-0.1, -0.05) is 6.92 Å². The standard InChI is InChI=1S/C13H19N3O3S/c1-4-10-9(7-8(2)15-16-10)12(17)14-11(13(18)19)5-6-20-3/h7,11H,4-6H2,1-3H3,(H,14,17)(H,18,19). The molecule has 0 spiro atoms. The zero-order valence-electron chi connectivity index (χ0n) is 11.8. The summed E-state index contributed by atoms with van der Waals surface area (Å²) in [5, 5.41) is 19.6. The smallest absolute Gasteiger partial charge is 0.326 e. The second kappa shape index (κ2) is 7.84. The van der Waals surface area contributed by atoms with Crippen LogP contribution in [0.2, 0.25) is 0 Å². The molecule has 1 unspecified atom stereocenters. The van der Waals surface area contributed by atoms with Crippen molar-refractivity contribution < 1.29 is 14.7 Å². The molecule has 2 N–H and O–H groups in total. The number of carboxylic acids is 1. The quantitative estimate of drug-likeness (QED) is 0.787. The van der Waals surface area contributed by atoms with E-state index in [4.69, 9.17) is 5.11 Å². The highest BCUT2D eigenvalue weighted by molar-refractivity contribution is 7.98. The molecule has 1 heterocycles. The van der Waals surface area contributed by atoms with E-state index in [1.807, 2.05) is 13.2 Å². The highest BCUT2D eigenvalue weighted by Gasteiger charge is 2.22. The van der Waals surface area contributed by atoms with Crippen LogP contribution in [-0.2, 0) is 11.2 Å². The summed E-state index contributed by atoms with van der Waals surface area (Å²) in [4.78, 5) is 23.3. The first-order valence-corrected chi connectivity index (χ1v) is 7.74. The molecule has 0 radical (unpaired) electrons. The van der Waals surface area contributed by atoms with Crippen molar-refractivity contribution in [3.8, 4) is 0 Å². The molecule has 1 amide bonds. The second-order valence-electron chi connectivity index (χ2n) is 4.35. The fourth-order valence-electron chi connectivity index (χ4n) is 1.70. The summed E-state index contributed by atoms with van der Waals surface area (Å²) in [5.74, 6) is -0.761. The number of amides is 1. The first-order valence-electron chi connectivity index (χ1n) is 6.35.